The average molecular weight is 213 g/mol. The highest BCUT2D eigenvalue weighted by Gasteiger charge is 2.21. The number of nitrogens with one attached hydrogen (secondary N) is 1. The molecule has 0 aliphatic rings. The lowest BCUT2D eigenvalue weighted by Crippen LogP contribution is -2.38. The molecule has 1 unspecified atom stereocenters. The maximum Gasteiger partial charge on any atom is 0.112 e. The van der Waals surface area contributed by atoms with Gasteiger partial charge >= 0.3 is 0 Å². The molecule has 3 nitrogen and oxygen atoms in total. The van der Waals surface area contributed by atoms with Gasteiger partial charge in [0.25, 0.3) is 0 Å². The molecule has 0 bridgehead atoms. The molecule has 14 heavy (non-hydrogen) atoms. The van der Waals surface area contributed by atoms with Crippen molar-refractivity contribution in [3.63, 3.8) is 0 Å². The summed E-state index contributed by atoms with van der Waals surface area (Å²) < 4.78 is 0. The summed E-state index contributed by atoms with van der Waals surface area (Å²) in [6.45, 7) is 7.25. The molecule has 0 radical (unpaired) electrons. The minimum atomic E-state index is -0.0386. The Balaban J connectivity index is 2.42. The molecule has 4 heteroatoms. The van der Waals surface area contributed by atoms with Crippen molar-refractivity contribution in [2.45, 2.75) is 38.8 Å². The van der Waals surface area contributed by atoms with E-state index in [1.165, 1.54) is 0 Å². The number of rotatable bonds is 5. The van der Waals surface area contributed by atoms with E-state index < -0.39 is 0 Å². The van der Waals surface area contributed by atoms with Crippen LogP contribution in [0, 0.1) is 0 Å². The Morgan fingerprint density at radius 3 is 2.86 bits per heavy atom. The smallest absolute Gasteiger partial charge is 0.112 e. The molecule has 0 aliphatic carbocycles. The van der Waals surface area contributed by atoms with Crippen LogP contribution in [0.5, 0.6) is 0 Å². The van der Waals surface area contributed by atoms with Crippen LogP contribution in [0.2, 0.25) is 0 Å². The lowest BCUT2D eigenvalue weighted by atomic mass is 10.1. The van der Waals surface area contributed by atoms with Crippen LogP contribution in [0.3, 0.4) is 0 Å². The normalized spacial score (nSPS) is 14.3. The SMILES string of the molecule is CC(N)CCNC(C)(C)c1nccs1. The van der Waals surface area contributed by atoms with Crippen LogP contribution in [0.4, 0.5) is 0 Å². The van der Waals surface area contributed by atoms with E-state index in [0.717, 1.165) is 18.0 Å². The summed E-state index contributed by atoms with van der Waals surface area (Å²) >= 11 is 1.68. The van der Waals surface area contributed by atoms with E-state index in [-0.39, 0.29) is 11.6 Å². The van der Waals surface area contributed by atoms with Gasteiger partial charge in [-0.05, 0) is 33.7 Å². The first-order valence-corrected chi connectivity index (χ1v) is 5.81. The first-order chi connectivity index (χ1) is 6.52. The Morgan fingerprint density at radius 1 is 1.64 bits per heavy atom. The van der Waals surface area contributed by atoms with Gasteiger partial charge in [-0.15, -0.1) is 11.3 Å². The molecule has 1 rings (SSSR count). The Bertz CT molecular complexity index is 254. The van der Waals surface area contributed by atoms with Crippen molar-refractivity contribution in [1.29, 1.82) is 0 Å². The zero-order valence-electron chi connectivity index (χ0n) is 9.08. The van der Waals surface area contributed by atoms with Crippen molar-refractivity contribution in [2.24, 2.45) is 5.73 Å². The number of nitrogens with two attached hydrogens (primary N) is 1. The fourth-order valence-corrected chi connectivity index (χ4v) is 1.96. The van der Waals surface area contributed by atoms with Crippen LogP contribution in [-0.4, -0.2) is 17.6 Å². The van der Waals surface area contributed by atoms with Crippen LogP contribution >= 0.6 is 11.3 Å². The molecule has 3 N–H and O–H groups in total. The van der Waals surface area contributed by atoms with E-state index in [4.69, 9.17) is 5.73 Å². The van der Waals surface area contributed by atoms with Gasteiger partial charge in [-0.3, -0.25) is 0 Å². The second-order valence-electron chi connectivity index (χ2n) is 4.15. The zero-order chi connectivity index (χ0) is 10.6. The Hall–Kier alpha value is -0.450. The molecular weight excluding hydrogens is 194 g/mol. The average Bonchev–Trinajstić information content (AvgIpc) is 2.54. The lowest BCUT2D eigenvalue weighted by molar-refractivity contribution is 0.391. The van der Waals surface area contributed by atoms with Gasteiger partial charge < -0.3 is 11.1 Å². The van der Waals surface area contributed by atoms with Gasteiger partial charge in [0.15, 0.2) is 0 Å². The number of hydrogen-bond acceptors (Lipinski definition) is 4. The monoisotopic (exact) mass is 213 g/mol. The molecule has 0 saturated heterocycles. The molecule has 1 aromatic rings. The molecule has 0 saturated carbocycles. The van der Waals surface area contributed by atoms with Gasteiger partial charge in [0.1, 0.15) is 5.01 Å². The summed E-state index contributed by atoms with van der Waals surface area (Å²) in [7, 11) is 0. The predicted octanol–water partition coefficient (Wildman–Crippen LogP) is 1.71. The predicted molar refractivity (Wildman–Crippen MR) is 61.4 cm³/mol. The first-order valence-electron chi connectivity index (χ1n) is 4.93. The van der Waals surface area contributed by atoms with Crippen molar-refractivity contribution in [1.82, 2.24) is 10.3 Å². The minimum Gasteiger partial charge on any atom is -0.328 e. The van der Waals surface area contributed by atoms with Crippen LogP contribution < -0.4 is 11.1 Å². The van der Waals surface area contributed by atoms with Crippen LogP contribution in [0.1, 0.15) is 32.2 Å². The maximum absolute atomic E-state index is 5.69. The van der Waals surface area contributed by atoms with Crippen molar-refractivity contribution in [3.05, 3.63) is 16.6 Å². The van der Waals surface area contributed by atoms with Crippen LogP contribution in [-0.2, 0) is 5.54 Å². The van der Waals surface area contributed by atoms with Gasteiger partial charge in [-0.25, -0.2) is 4.98 Å². The van der Waals surface area contributed by atoms with Gasteiger partial charge in [-0.1, -0.05) is 0 Å². The molecule has 1 heterocycles. The summed E-state index contributed by atoms with van der Waals surface area (Å²) in [6, 6.07) is 0.259. The summed E-state index contributed by atoms with van der Waals surface area (Å²) in [4.78, 5) is 4.31. The van der Waals surface area contributed by atoms with Crippen LogP contribution in [0.25, 0.3) is 0 Å². The van der Waals surface area contributed by atoms with Gasteiger partial charge in [-0.2, -0.15) is 0 Å². The maximum atomic E-state index is 5.69. The fourth-order valence-electron chi connectivity index (χ4n) is 1.22. The largest absolute Gasteiger partial charge is 0.328 e. The standard InChI is InChI=1S/C10H19N3S/c1-8(11)4-5-13-10(2,3)9-12-6-7-14-9/h6-8,13H,4-5,11H2,1-3H3. The highest BCUT2D eigenvalue weighted by atomic mass is 32.1. The van der Waals surface area contributed by atoms with E-state index in [0.29, 0.717) is 0 Å². The Labute approximate surface area is 89.7 Å². The van der Waals surface area contributed by atoms with E-state index in [1.54, 1.807) is 11.3 Å². The lowest BCUT2D eigenvalue weighted by Gasteiger charge is -2.24. The summed E-state index contributed by atoms with van der Waals surface area (Å²) in [6.07, 6.45) is 2.84. The van der Waals surface area contributed by atoms with Gasteiger partial charge in [0.2, 0.25) is 0 Å². The van der Waals surface area contributed by atoms with E-state index in [9.17, 15) is 0 Å². The van der Waals surface area contributed by atoms with E-state index in [1.807, 2.05) is 18.5 Å². The second-order valence-corrected chi connectivity index (χ2v) is 5.05. The summed E-state index contributed by atoms with van der Waals surface area (Å²) in [5, 5.41) is 6.59. The summed E-state index contributed by atoms with van der Waals surface area (Å²) in [5.41, 5.74) is 5.65. The van der Waals surface area contributed by atoms with Crippen molar-refractivity contribution >= 4 is 11.3 Å². The molecule has 80 valence electrons. The third-order valence-corrected chi connectivity index (χ3v) is 3.23. The molecule has 0 fully saturated rings. The quantitative estimate of drug-likeness (QED) is 0.783. The molecule has 1 aromatic heterocycles. The van der Waals surface area contributed by atoms with E-state index in [2.05, 4.69) is 24.1 Å². The summed E-state index contributed by atoms with van der Waals surface area (Å²) in [5.74, 6) is 0. The minimum absolute atomic E-state index is 0.0386. The highest BCUT2D eigenvalue weighted by Crippen LogP contribution is 2.21. The molecule has 0 aliphatic heterocycles. The second kappa shape index (κ2) is 4.87. The molecule has 0 aromatic carbocycles. The van der Waals surface area contributed by atoms with Crippen molar-refractivity contribution in [3.8, 4) is 0 Å². The number of thiazole rings is 1. The highest BCUT2D eigenvalue weighted by molar-refractivity contribution is 7.09. The van der Waals surface area contributed by atoms with E-state index >= 15 is 0 Å². The molecule has 1 atom stereocenters. The third kappa shape index (κ3) is 3.36. The Kier molecular flexibility index (Phi) is 4.04. The zero-order valence-corrected chi connectivity index (χ0v) is 9.90. The van der Waals surface area contributed by atoms with Gasteiger partial charge in [0.05, 0.1) is 5.54 Å². The first kappa shape index (κ1) is 11.6. The molecular formula is C10H19N3S. The Morgan fingerprint density at radius 2 is 2.36 bits per heavy atom. The van der Waals surface area contributed by atoms with Crippen LogP contribution in [0.15, 0.2) is 11.6 Å². The van der Waals surface area contributed by atoms with Crippen molar-refractivity contribution in [2.75, 3.05) is 6.54 Å². The molecule has 0 spiro atoms. The van der Waals surface area contributed by atoms with Gasteiger partial charge in [0, 0.05) is 17.6 Å². The number of aromatic nitrogens is 1. The fraction of sp³-hybridized carbons (Fsp3) is 0.700. The number of nitrogens with zero attached hydrogens (tertiary/aromatic N) is 1. The number of hydrogen-bond donors (Lipinski definition) is 2. The van der Waals surface area contributed by atoms with Crippen molar-refractivity contribution < 1.29 is 0 Å². The topological polar surface area (TPSA) is 50.9 Å². The third-order valence-electron chi connectivity index (χ3n) is 2.13. The molecule has 0 amide bonds.